The van der Waals surface area contributed by atoms with Gasteiger partial charge in [0.25, 0.3) is 0 Å². The van der Waals surface area contributed by atoms with Crippen LogP contribution in [0.1, 0.15) is 19.8 Å². The maximum atomic E-state index is 11.7. The molecule has 0 spiro atoms. The number of sulfonamides is 1. The minimum Gasteiger partial charge on any atom is -0.393 e. The number of hydrogen-bond acceptors (Lipinski definition) is 4. The second-order valence-electron chi connectivity index (χ2n) is 4.49. The molecule has 1 aromatic rings. The maximum Gasteiger partial charge on any atom is 0.240 e. The molecule has 1 fully saturated rings. The van der Waals surface area contributed by atoms with Crippen LogP contribution in [0, 0.1) is 0 Å². The zero-order chi connectivity index (χ0) is 13.2. The molecule has 100 valence electrons. The fraction of sp³-hybridized carbons (Fsp3) is 0.500. The summed E-state index contributed by atoms with van der Waals surface area (Å²) in [6.07, 6.45) is 1.30. The van der Waals surface area contributed by atoms with Crippen molar-refractivity contribution in [2.24, 2.45) is 0 Å². The summed E-state index contributed by atoms with van der Waals surface area (Å²) in [5.41, 5.74) is 0.877. The maximum absolute atomic E-state index is 11.7. The quantitative estimate of drug-likeness (QED) is 0.743. The summed E-state index contributed by atoms with van der Waals surface area (Å²) in [6, 6.07) is 6.94. The number of aliphatic hydroxyl groups excluding tert-OH is 1. The van der Waals surface area contributed by atoms with Crippen molar-refractivity contribution >= 4 is 15.7 Å². The lowest BCUT2D eigenvalue weighted by Crippen LogP contribution is -2.38. The molecule has 0 unspecified atom stereocenters. The van der Waals surface area contributed by atoms with Crippen LogP contribution in [0.25, 0.3) is 0 Å². The highest BCUT2D eigenvalue weighted by atomic mass is 32.2. The van der Waals surface area contributed by atoms with Gasteiger partial charge < -0.3 is 10.4 Å². The number of hydrogen-bond donors (Lipinski definition) is 3. The van der Waals surface area contributed by atoms with Gasteiger partial charge in [-0.1, -0.05) is 6.92 Å². The summed E-state index contributed by atoms with van der Waals surface area (Å²) in [5.74, 6) is 0. The first-order valence-corrected chi connectivity index (χ1v) is 7.54. The second kappa shape index (κ2) is 5.26. The van der Waals surface area contributed by atoms with Crippen LogP contribution >= 0.6 is 0 Å². The number of rotatable bonds is 5. The minimum atomic E-state index is -3.37. The molecule has 0 radical (unpaired) electrons. The lowest BCUT2D eigenvalue weighted by atomic mass is 9.89. The molecule has 0 aliphatic heterocycles. The van der Waals surface area contributed by atoms with Gasteiger partial charge in [-0.05, 0) is 37.1 Å². The van der Waals surface area contributed by atoms with Crippen molar-refractivity contribution < 1.29 is 13.5 Å². The van der Waals surface area contributed by atoms with Gasteiger partial charge in [0.2, 0.25) is 10.0 Å². The molecule has 5 nitrogen and oxygen atoms in total. The molecule has 0 heterocycles. The van der Waals surface area contributed by atoms with E-state index >= 15 is 0 Å². The Morgan fingerprint density at radius 3 is 2.39 bits per heavy atom. The molecule has 1 saturated carbocycles. The zero-order valence-electron chi connectivity index (χ0n) is 10.3. The van der Waals surface area contributed by atoms with E-state index in [0.717, 1.165) is 18.5 Å². The molecule has 1 aromatic carbocycles. The van der Waals surface area contributed by atoms with E-state index in [0.29, 0.717) is 6.54 Å². The molecule has 1 aliphatic rings. The number of aliphatic hydroxyl groups is 1. The van der Waals surface area contributed by atoms with Gasteiger partial charge >= 0.3 is 0 Å². The van der Waals surface area contributed by atoms with Crippen LogP contribution in [0.4, 0.5) is 5.69 Å². The van der Waals surface area contributed by atoms with E-state index in [1.54, 1.807) is 31.2 Å². The van der Waals surface area contributed by atoms with Crippen LogP contribution in [-0.2, 0) is 10.0 Å². The molecule has 6 heteroatoms. The van der Waals surface area contributed by atoms with Gasteiger partial charge in [-0.15, -0.1) is 0 Å². The summed E-state index contributed by atoms with van der Waals surface area (Å²) in [5, 5.41) is 12.4. The third kappa shape index (κ3) is 3.01. The highest BCUT2D eigenvalue weighted by molar-refractivity contribution is 7.89. The fourth-order valence-corrected chi connectivity index (χ4v) is 2.99. The van der Waals surface area contributed by atoms with E-state index in [1.165, 1.54) is 0 Å². The average Bonchev–Trinajstić information content (AvgIpc) is 2.28. The van der Waals surface area contributed by atoms with E-state index in [4.69, 9.17) is 0 Å². The van der Waals surface area contributed by atoms with Crippen LogP contribution in [0.3, 0.4) is 0 Å². The number of nitrogens with one attached hydrogen (secondary N) is 2. The molecule has 0 saturated heterocycles. The summed E-state index contributed by atoms with van der Waals surface area (Å²) in [4.78, 5) is 0.267. The Bertz CT molecular complexity index is 493. The van der Waals surface area contributed by atoms with Gasteiger partial charge in [0.15, 0.2) is 0 Å². The normalized spacial score (nSPS) is 23.4. The molecule has 1 aliphatic carbocycles. The van der Waals surface area contributed by atoms with E-state index in [-0.39, 0.29) is 17.0 Å². The molecule has 0 amide bonds. The Hall–Kier alpha value is -1.11. The lowest BCUT2D eigenvalue weighted by Gasteiger charge is -2.32. The third-order valence-corrected chi connectivity index (χ3v) is 4.54. The Morgan fingerprint density at radius 2 is 1.89 bits per heavy atom. The molecule has 0 aromatic heterocycles. The Morgan fingerprint density at radius 1 is 1.28 bits per heavy atom. The predicted molar refractivity (Wildman–Crippen MR) is 70.0 cm³/mol. The Labute approximate surface area is 107 Å². The van der Waals surface area contributed by atoms with Crippen LogP contribution in [0.5, 0.6) is 0 Å². The zero-order valence-corrected chi connectivity index (χ0v) is 11.1. The molecule has 0 atom stereocenters. The first-order valence-electron chi connectivity index (χ1n) is 6.05. The molecular formula is C12H18N2O3S. The van der Waals surface area contributed by atoms with Crippen molar-refractivity contribution in [1.82, 2.24) is 4.72 Å². The van der Waals surface area contributed by atoms with E-state index < -0.39 is 10.0 Å². The van der Waals surface area contributed by atoms with E-state index in [1.807, 2.05) is 0 Å². The number of benzene rings is 1. The van der Waals surface area contributed by atoms with Crippen LogP contribution in [0.15, 0.2) is 29.2 Å². The average molecular weight is 270 g/mol. The second-order valence-corrected chi connectivity index (χ2v) is 6.26. The smallest absolute Gasteiger partial charge is 0.240 e. The largest absolute Gasteiger partial charge is 0.393 e. The first-order chi connectivity index (χ1) is 8.51. The molecule has 3 N–H and O–H groups in total. The topological polar surface area (TPSA) is 78.4 Å². The summed E-state index contributed by atoms with van der Waals surface area (Å²) < 4.78 is 25.9. The number of anilines is 1. The molecular weight excluding hydrogens is 252 g/mol. The van der Waals surface area contributed by atoms with Crippen molar-refractivity contribution in [2.45, 2.75) is 36.8 Å². The van der Waals surface area contributed by atoms with Gasteiger partial charge in [0.1, 0.15) is 0 Å². The Kier molecular flexibility index (Phi) is 3.89. The standard InChI is InChI=1S/C12H18N2O3S/c1-2-13-18(16,17)12-5-3-9(4-6-12)14-10-7-11(15)8-10/h3-6,10-11,13-15H,2,7-8H2,1H3. The van der Waals surface area contributed by atoms with Gasteiger partial charge in [-0.25, -0.2) is 13.1 Å². The first kappa shape index (κ1) is 13.3. The van der Waals surface area contributed by atoms with Crippen molar-refractivity contribution in [3.8, 4) is 0 Å². The summed E-state index contributed by atoms with van der Waals surface area (Å²) in [7, 11) is -3.37. The lowest BCUT2D eigenvalue weighted by molar-refractivity contribution is 0.0836. The van der Waals surface area contributed by atoms with Crippen molar-refractivity contribution in [3.63, 3.8) is 0 Å². The molecule has 18 heavy (non-hydrogen) atoms. The van der Waals surface area contributed by atoms with Gasteiger partial charge in [0.05, 0.1) is 11.0 Å². The highest BCUT2D eigenvalue weighted by Crippen LogP contribution is 2.24. The molecule has 2 rings (SSSR count). The minimum absolute atomic E-state index is 0.198. The van der Waals surface area contributed by atoms with E-state index in [2.05, 4.69) is 10.0 Å². The fourth-order valence-electron chi connectivity index (χ4n) is 1.95. The van der Waals surface area contributed by atoms with Crippen molar-refractivity contribution in [2.75, 3.05) is 11.9 Å². The van der Waals surface area contributed by atoms with Crippen LogP contribution in [0.2, 0.25) is 0 Å². The van der Waals surface area contributed by atoms with Gasteiger partial charge in [-0.2, -0.15) is 0 Å². The van der Waals surface area contributed by atoms with Gasteiger partial charge in [0, 0.05) is 18.3 Å². The highest BCUT2D eigenvalue weighted by Gasteiger charge is 2.26. The predicted octanol–water partition coefficient (Wildman–Crippen LogP) is 0.920. The summed E-state index contributed by atoms with van der Waals surface area (Å²) in [6.45, 7) is 2.12. The third-order valence-electron chi connectivity index (χ3n) is 2.98. The van der Waals surface area contributed by atoms with Crippen molar-refractivity contribution in [1.29, 1.82) is 0 Å². The monoisotopic (exact) mass is 270 g/mol. The van der Waals surface area contributed by atoms with Crippen LogP contribution < -0.4 is 10.0 Å². The Balaban J connectivity index is 2.01. The SMILES string of the molecule is CCNS(=O)(=O)c1ccc(NC2CC(O)C2)cc1. The van der Waals surface area contributed by atoms with Crippen LogP contribution in [-0.4, -0.2) is 32.2 Å². The molecule has 0 bridgehead atoms. The van der Waals surface area contributed by atoms with E-state index in [9.17, 15) is 13.5 Å². The van der Waals surface area contributed by atoms with Crippen molar-refractivity contribution in [3.05, 3.63) is 24.3 Å². The van der Waals surface area contributed by atoms with Gasteiger partial charge in [-0.3, -0.25) is 0 Å². The summed E-state index contributed by atoms with van der Waals surface area (Å²) >= 11 is 0.